The number of rotatable bonds is 4. The second-order valence-electron chi connectivity index (χ2n) is 2.47. The number of aromatic amines is 1. The van der Waals surface area contributed by atoms with Crippen molar-refractivity contribution in [3.8, 4) is 0 Å². The van der Waals surface area contributed by atoms with Crippen molar-refractivity contribution in [2.75, 3.05) is 13.2 Å². The Kier molecular flexibility index (Phi) is 3.66. The molecule has 0 bridgehead atoms. The summed E-state index contributed by atoms with van der Waals surface area (Å²) in [6.07, 6.45) is 2.82. The van der Waals surface area contributed by atoms with Gasteiger partial charge in [-0.3, -0.25) is 14.7 Å². The van der Waals surface area contributed by atoms with Gasteiger partial charge in [0.25, 0.3) is 5.91 Å². The highest BCUT2D eigenvalue weighted by Gasteiger charge is 2.08. The van der Waals surface area contributed by atoms with E-state index in [-0.39, 0.29) is 12.5 Å². The number of nitrogens with zero attached hydrogens (tertiary/aromatic N) is 1. The molecule has 1 rings (SSSR count). The summed E-state index contributed by atoms with van der Waals surface area (Å²) in [7, 11) is 0. The zero-order chi connectivity index (χ0) is 10.4. The van der Waals surface area contributed by atoms with Gasteiger partial charge in [-0.2, -0.15) is 5.10 Å². The minimum atomic E-state index is -0.454. The standard InChI is InChI=1S/C8H11N3O3/c1-2-14-7(12)5-9-8(13)6-3-10-11-4-6/h3-4H,2,5H2,1H3,(H,9,13)(H,10,11). The molecule has 0 aliphatic carbocycles. The van der Waals surface area contributed by atoms with E-state index < -0.39 is 5.97 Å². The molecule has 6 heteroatoms. The highest BCUT2D eigenvalue weighted by molar-refractivity contribution is 5.95. The van der Waals surface area contributed by atoms with Crippen LogP contribution in [0.3, 0.4) is 0 Å². The summed E-state index contributed by atoms with van der Waals surface area (Å²) in [6.45, 7) is 1.88. The van der Waals surface area contributed by atoms with Crippen molar-refractivity contribution in [2.45, 2.75) is 6.92 Å². The molecule has 0 radical (unpaired) electrons. The molecule has 14 heavy (non-hydrogen) atoms. The predicted octanol–water partition coefficient (Wildman–Crippen LogP) is -0.297. The van der Waals surface area contributed by atoms with E-state index in [1.807, 2.05) is 0 Å². The summed E-state index contributed by atoms with van der Waals surface area (Å²) in [5.41, 5.74) is 0.384. The lowest BCUT2D eigenvalue weighted by atomic mass is 10.3. The summed E-state index contributed by atoms with van der Waals surface area (Å²) in [4.78, 5) is 22.1. The molecular formula is C8H11N3O3. The van der Waals surface area contributed by atoms with Crippen molar-refractivity contribution in [3.63, 3.8) is 0 Å². The van der Waals surface area contributed by atoms with Crippen LogP contribution in [0.1, 0.15) is 17.3 Å². The number of ether oxygens (including phenoxy) is 1. The Hall–Kier alpha value is -1.85. The largest absolute Gasteiger partial charge is 0.465 e. The zero-order valence-electron chi connectivity index (χ0n) is 7.74. The van der Waals surface area contributed by atoms with Crippen LogP contribution in [-0.4, -0.2) is 35.2 Å². The molecule has 0 fully saturated rings. The Labute approximate surface area is 80.6 Å². The first-order chi connectivity index (χ1) is 6.74. The number of aromatic nitrogens is 2. The molecule has 76 valence electrons. The SMILES string of the molecule is CCOC(=O)CNC(=O)c1cn[nH]c1. The molecule has 1 heterocycles. The molecular weight excluding hydrogens is 186 g/mol. The average molecular weight is 197 g/mol. The number of amides is 1. The first kappa shape index (κ1) is 10.2. The van der Waals surface area contributed by atoms with E-state index in [0.29, 0.717) is 12.2 Å². The lowest BCUT2D eigenvalue weighted by molar-refractivity contribution is -0.141. The Morgan fingerprint density at radius 2 is 2.43 bits per heavy atom. The third-order valence-electron chi connectivity index (χ3n) is 1.46. The van der Waals surface area contributed by atoms with Crippen molar-refractivity contribution in [1.29, 1.82) is 0 Å². The number of hydrogen-bond acceptors (Lipinski definition) is 4. The quantitative estimate of drug-likeness (QED) is 0.649. The Morgan fingerprint density at radius 1 is 1.64 bits per heavy atom. The van der Waals surface area contributed by atoms with E-state index in [1.165, 1.54) is 12.4 Å². The molecule has 0 aliphatic rings. The van der Waals surface area contributed by atoms with Gasteiger partial charge in [0, 0.05) is 6.20 Å². The Balaban J connectivity index is 2.32. The summed E-state index contributed by atoms with van der Waals surface area (Å²) < 4.78 is 4.63. The highest BCUT2D eigenvalue weighted by Crippen LogP contribution is 1.92. The second kappa shape index (κ2) is 5.00. The normalized spacial score (nSPS) is 9.50. The van der Waals surface area contributed by atoms with E-state index in [4.69, 9.17) is 0 Å². The predicted molar refractivity (Wildman–Crippen MR) is 47.6 cm³/mol. The lowest BCUT2D eigenvalue weighted by Crippen LogP contribution is -2.30. The first-order valence-electron chi connectivity index (χ1n) is 4.16. The Bertz CT molecular complexity index is 308. The summed E-state index contributed by atoms with van der Waals surface area (Å²) in [5, 5.41) is 8.50. The fourth-order valence-electron chi connectivity index (χ4n) is 0.842. The maximum absolute atomic E-state index is 11.2. The first-order valence-corrected chi connectivity index (χ1v) is 4.16. The van der Waals surface area contributed by atoms with Crippen molar-refractivity contribution in [2.24, 2.45) is 0 Å². The van der Waals surface area contributed by atoms with Crippen molar-refractivity contribution < 1.29 is 14.3 Å². The van der Waals surface area contributed by atoms with Gasteiger partial charge in [0.1, 0.15) is 6.54 Å². The summed E-state index contributed by atoms with van der Waals surface area (Å²) in [5.74, 6) is -0.809. The molecule has 0 aromatic carbocycles. The highest BCUT2D eigenvalue weighted by atomic mass is 16.5. The molecule has 0 atom stereocenters. The van der Waals surface area contributed by atoms with Gasteiger partial charge in [0.05, 0.1) is 18.4 Å². The lowest BCUT2D eigenvalue weighted by Gasteiger charge is -2.02. The molecule has 0 unspecified atom stereocenters. The van der Waals surface area contributed by atoms with Crippen LogP contribution in [0.5, 0.6) is 0 Å². The number of hydrogen-bond donors (Lipinski definition) is 2. The summed E-state index contributed by atoms with van der Waals surface area (Å²) in [6, 6.07) is 0. The van der Waals surface area contributed by atoms with Crippen LogP contribution in [-0.2, 0) is 9.53 Å². The Morgan fingerprint density at radius 3 is 3.00 bits per heavy atom. The topological polar surface area (TPSA) is 84.1 Å². The second-order valence-corrected chi connectivity index (χ2v) is 2.47. The van der Waals surface area contributed by atoms with E-state index >= 15 is 0 Å². The zero-order valence-corrected chi connectivity index (χ0v) is 7.74. The summed E-state index contributed by atoms with van der Waals surface area (Å²) >= 11 is 0. The third kappa shape index (κ3) is 2.89. The maximum Gasteiger partial charge on any atom is 0.325 e. The van der Waals surface area contributed by atoms with Crippen LogP contribution in [0.2, 0.25) is 0 Å². The molecule has 1 aromatic rings. The molecule has 0 aliphatic heterocycles. The monoisotopic (exact) mass is 197 g/mol. The van der Waals surface area contributed by atoms with Crippen LogP contribution in [0.25, 0.3) is 0 Å². The van der Waals surface area contributed by atoms with Crippen molar-refractivity contribution >= 4 is 11.9 Å². The molecule has 1 aromatic heterocycles. The average Bonchev–Trinajstić information content (AvgIpc) is 2.67. The maximum atomic E-state index is 11.2. The molecule has 2 N–H and O–H groups in total. The van der Waals surface area contributed by atoms with Gasteiger partial charge in [-0.05, 0) is 6.92 Å². The molecule has 0 spiro atoms. The number of carbonyl (C=O) groups excluding carboxylic acids is 2. The van der Waals surface area contributed by atoms with E-state index in [2.05, 4.69) is 20.3 Å². The molecule has 0 saturated carbocycles. The van der Waals surface area contributed by atoms with E-state index in [0.717, 1.165) is 0 Å². The number of nitrogens with one attached hydrogen (secondary N) is 2. The van der Waals surface area contributed by atoms with Gasteiger partial charge in [0.15, 0.2) is 0 Å². The van der Waals surface area contributed by atoms with Gasteiger partial charge in [-0.25, -0.2) is 0 Å². The smallest absolute Gasteiger partial charge is 0.325 e. The van der Waals surface area contributed by atoms with Crippen LogP contribution in [0.15, 0.2) is 12.4 Å². The van der Waals surface area contributed by atoms with Gasteiger partial charge in [0.2, 0.25) is 0 Å². The fourth-order valence-corrected chi connectivity index (χ4v) is 0.842. The van der Waals surface area contributed by atoms with Crippen LogP contribution in [0, 0.1) is 0 Å². The van der Waals surface area contributed by atoms with Crippen molar-refractivity contribution in [3.05, 3.63) is 18.0 Å². The van der Waals surface area contributed by atoms with Crippen LogP contribution in [0.4, 0.5) is 0 Å². The van der Waals surface area contributed by atoms with E-state index in [9.17, 15) is 9.59 Å². The minimum Gasteiger partial charge on any atom is -0.465 e. The van der Waals surface area contributed by atoms with Gasteiger partial charge < -0.3 is 10.1 Å². The number of H-pyrrole nitrogens is 1. The molecule has 0 saturated heterocycles. The van der Waals surface area contributed by atoms with Gasteiger partial charge in [-0.1, -0.05) is 0 Å². The fraction of sp³-hybridized carbons (Fsp3) is 0.375. The third-order valence-corrected chi connectivity index (χ3v) is 1.46. The van der Waals surface area contributed by atoms with Crippen LogP contribution < -0.4 is 5.32 Å². The number of esters is 1. The van der Waals surface area contributed by atoms with Crippen molar-refractivity contribution in [1.82, 2.24) is 15.5 Å². The van der Waals surface area contributed by atoms with Crippen LogP contribution >= 0.6 is 0 Å². The number of carbonyl (C=O) groups is 2. The minimum absolute atomic E-state index is 0.127. The molecule has 6 nitrogen and oxygen atoms in total. The van der Waals surface area contributed by atoms with Gasteiger partial charge in [-0.15, -0.1) is 0 Å². The van der Waals surface area contributed by atoms with Gasteiger partial charge >= 0.3 is 5.97 Å². The molecule has 1 amide bonds. The van der Waals surface area contributed by atoms with E-state index in [1.54, 1.807) is 6.92 Å².